The molecule has 1 rings (SSSR count). The summed E-state index contributed by atoms with van der Waals surface area (Å²) in [5.41, 5.74) is 5.99. The van der Waals surface area contributed by atoms with Crippen molar-refractivity contribution in [3.05, 3.63) is 11.5 Å². The highest BCUT2D eigenvalue weighted by Crippen LogP contribution is 2.22. The average molecular weight is 300 g/mol. The molecule has 0 aliphatic heterocycles. The molecule has 1 heterocycles. The van der Waals surface area contributed by atoms with Crippen LogP contribution in [-0.2, 0) is 9.53 Å². The minimum absolute atomic E-state index is 0.327. The highest BCUT2D eigenvalue weighted by molar-refractivity contribution is 7.99. The molecule has 0 radical (unpaired) electrons. The average Bonchev–Trinajstić information content (AvgIpc) is 2.68. The number of hydrogen-bond acceptors (Lipinski definition) is 6. The van der Waals surface area contributed by atoms with Gasteiger partial charge in [-0.3, -0.25) is 4.79 Å². The third-order valence-corrected chi connectivity index (χ3v) is 3.98. The van der Waals surface area contributed by atoms with Crippen molar-refractivity contribution in [1.82, 2.24) is 4.98 Å². The van der Waals surface area contributed by atoms with Crippen molar-refractivity contribution >= 4 is 17.7 Å². The van der Waals surface area contributed by atoms with Gasteiger partial charge in [0.05, 0.1) is 12.3 Å². The van der Waals surface area contributed by atoms with Gasteiger partial charge in [-0.15, -0.1) is 0 Å². The fourth-order valence-electron chi connectivity index (χ4n) is 1.66. The Balaban J connectivity index is 2.23. The molecule has 114 valence electrons. The van der Waals surface area contributed by atoms with Crippen LogP contribution in [0, 0.1) is 13.8 Å². The number of unbranched alkanes of at least 4 members (excludes halogenated alkanes) is 1. The van der Waals surface area contributed by atoms with Gasteiger partial charge in [0, 0.05) is 5.75 Å². The van der Waals surface area contributed by atoms with E-state index in [0.717, 1.165) is 30.0 Å². The first kappa shape index (κ1) is 17.0. The largest absolute Gasteiger partial charge is 0.465 e. The molecule has 0 saturated heterocycles. The first-order valence-electron chi connectivity index (χ1n) is 6.89. The molecule has 0 bridgehead atoms. The van der Waals surface area contributed by atoms with Crippen molar-refractivity contribution in [1.29, 1.82) is 0 Å². The van der Waals surface area contributed by atoms with E-state index in [0.29, 0.717) is 18.3 Å². The van der Waals surface area contributed by atoms with Crippen LogP contribution in [0.4, 0.5) is 0 Å². The summed E-state index contributed by atoms with van der Waals surface area (Å²) in [5, 5.41) is 0.709. The summed E-state index contributed by atoms with van der Waals surface area (Å²) in [4.78, 5) is 15.9. The molecular formula is C14H24N2O3S. The Morgan fingerprint density at radius 2 is 2.15 bits per heavy atom. The number of carbonyl (C=O) groups is 1. The van der Waals surface area contributed by atoms with Crippen LogP contribution in [0.3, 0.4) is 0 Å². The topological polar surface area (TPSA) is 78.4 Å². The first-order valence-corrected chi connectivity index (χ1v) is 7.88. The second kappa shape index (κ2) is 7.69. The van der Waals surface area contributed by atoms with Gasteiger partial charge in [-0.1, -0.05) is 18.2 Å². The molecule has 0 spiro atoms. The van der Waals surface area contributed by atoms with Crippen molar-refractivity contribution in [3.8, 4) is 0 Å². The fourth-order valence-corrected chi connectivity index (χ4v) is 2.57. The van der Waals surface area contributed by atoms with E-state index in [4.69, 9.17) is 14.9 Å². The van der Waals surface area contributed by atoms with Crippen molar-refractivity contribution in [2.45, 2.75) is 57.7 Å². The Morgan fingerprint density at radius 1 is 1.45 bits per heavy atom. The summed E-state index contributed by atoms with van der Waals surface area (Å²) in [6.07, 6.45) is 2.45. The standard InChI is InChI=1S/C14H24N2O3S/c1-5-18-12(17)14(4,15)8-6-7-9-20-13-16-10(2)11(3)19-13/h5-9,15H2,1-4H3. The summed E-state index contributed by atoms with van der Waals surface area (Å²) in [7, 11) is 0. The Bertz CT molecular complexity index is 424. The van der Waals surface area contributed by atoms with E-state index in [1.807, 2.05) is 13.8 Å². The summed E-state index contributed by atoms with van der Waals surface area (Å²) in [6.45, 7) is 7.71. The number of aryl methyl sites for hydroxylation is 2. The normalized spacial score (nSPS) is 14.1. The van der Waals surface area contributed by atoms with Crippen LogP contribution in [0.1, 0.15) is 44.6 Å². The second-order valence-electron chi connectivity index (χ2n) is 5.06. The number of nitrogens with two attached hydrogens (primary N) is 1. The van der Waals surface area contributed by atoms with Gasteiger partial charge in [0.1, 0.15) is 11.3 Å². The minimum atomic E-state index is -0.892. The number of thioether (sulfide) groups is 1. The molecule has 0 aromatic carbocycles. The Labute approximate surface area is 124 Å². The molecule has 5 nitrogen and oxygen atoms in total. The molecular weight excluding hydrogens is 276 g/mol. The van der Waals surface area contributed by atoms with Gasteiger partial charge >= 0.3 is 5.97 Å². The second-order valence-corrected chi connectivity index (χ2v) is 6.11. The minimum Gasteiger partial charge on any atom is -0.465 e. The number of carbonyl (C=O) groups excluding carboxylic acids is 1. The molecule has 1 atom stereocenters. The molecule has 0 aliphatic carbocycles. The van der Waals surface area contributed by atoms with Crippen molar-refractivity contribution in [3.63, 3.8) is 0 Å². The van der Waals surface area contributed by atoms with Gasteiger partial charge < -0.3 is 14.9 Å². The Kier molecular flexibility index (Phi) is 6.55. The Morgan fingerprint density at radius 3 is 2.70 bits per heavy atom. The summed E-state index contributed by atoms with van der Waals surface area (Å²) in [6, 6.07) is 0. The predicted molar refractivity (Wildman–Crippen MR) is 79.8 cm³/mol. The molecule has 0 amide bonds. The van der Waals surface area contributed by atoms with E-state index in [1.165, 1.54) is 0 Å². The van der Waals surface area contributed by atoms with Crippen LogP contribution >= 0.6 is 11.8 Å². The number of esters is 1. The third kappa shape index (κ3) is 5.17. The number of rotatable bonds is 8. The van der Waals surface area contributed by atoms with Crippen LogP contribution in [0.15, 0.2) is 9.64 Å². The zero-order valence-corrected chi connectivity index (χ0v) is 13.5. The highest BCUT2D eigenvalue weighted by atomic mass is 32.2. The molecule has 2 N–H and O–H groups in total. The Hall–Kier alpha value is -1.01. The lowest BCUT2D eigenvalue weighted by Gasteiger charge is -2.21. The number of oxazole rings is 1. The van der Waals surface area contributed by atoms with E-state index >= 15 is 0 Å². The van der Waals surface area contributed by atoms with E-state index in [9.17, 15) is 4.79 Å². The lowest BCUT2D eigenvalue weighted by molar-refractivity contribution is -0.149. The molecule has 20 heavy (non-hydrogen) atoms. The van der Waals surface area contributed by atoms with Crippen LogP contribution in [0.25, 0.3) is 0 Å². The van der Waals surface area contributed by atoms with E-state index < -0.39 is 5.54 Å². The monoisotopic (exact) mass is 300 g/mol. The van der Waals surface area contributed by atoms with Gasteiger partial charge in [0.15, 0.2) is 0 Å². The van der Waals surface area contributed by atoms with Gasteiger partial charge in [0.25, 0.3) is 5.22 Å². The van der Waals surface area contributed by atoms with Crippen molar-refractivity contribution < 1.29 is 13.9 Å². The highest BCUT2D eigenvalue weighted by Gasteiger charge is 2.28. The summed E-state index contributed by atoms with van der Waals surface area (Å²) >= 11 is 1.59. The molecule has 6 heteroatoms. The lowest BCUT2D eigenvalue weighted by atomic mass is 9.96. The fraction of sp³-hybridized carbons (Fsp3) is 0.714. The summed E-state index contributed by atoms with van der Waals surface area (Å²) < 4.78 is 10.4. The van der Waals surface area contributed by atoms with E-state index in [-0.39, 0.29) is 5.97 Å². The smallest absolute Gasteiger partial charge is 0.325 e. The van der Waals surface area contributed by atoms with Gasteiger partial charge in [-0.25, -0.2) is 4.98 Å². The predicted octanol–water partition coefficient (Wildman–Crippen LogP) is 2.83. The molecule has 0 fully saturated rings. The van der Waals surface area contributed by atoms with Gasteiger partial charge in [0.2, 0.25) is 0 Å². The molecule has 0 aliphatic rings. The number of ether oxygens (including phenoxy) is 1. The number of hydrogen-bond donors (Lipinski definition) is 1. The maximum Gasteiger partial charge on any atom is 0.325 e. The molecule has 1 unspecified atom stereocenters. The maximum absolute atomic E-state index is 11.6. The maximum atomic E-state index is 11.6. The van der Waals surface area contributed by atoms with E-state index in [1.54, 1.807) is 25.6 Å². The quantitative estimate of drug-likeness (QED) is 0.452. The van der Waals surface area contributed by atoms with Gasteiger partial charge in [-0.05, 0) is 40.5 Å². The zero-order chi connectivity index (χ0) is 15.2. The van der Waals surface area contributed by atoms with Crippen LogP contribution in [0.5, 0.6) is 0 Å². The zero-order valence-electron chi connectivity index (χ0n) is 12.7. The van der Waals surface area contributed by atoms with Crippen LogP contribution in [-0.4, -0.2) is 28.9 Å². The van der Waals surface area contributed by atoms with Crippen LogP contribution in [0.2, 0.25) is 0 Å². The summed E-state index contributed by atoms with van der Waals surface area (Å²) in [5.74, 6) is 1.44. The molecule has 0 saturated carbocycles. The van der Waals surface area contributed by atoms with Crippen LogP contribution < -0.4 is 5.73 Å². The van der Waals surface area contributed by atoms with Crippen molar-refractivity contribution in [2.24, 2.45) is 5.73 Å². The number of aromatic nitrogens is 1. The SMILES string of the molecule is CCOC(=O)C(C)(N)CCCCSc1nc(C)c(C)o1. The first-order chi connectivity index (χ1) is 9.36. The molecule has 1 aromatic rings. The number of nitrogens with zero attached hydrogens (tertiary/aromatic N) is 1. The van der Waals surface area contributed by atoms with Gasteiger partial charge in [-0.2, -0.15) is 0 Å². The van der Waals surface area contributed by atoms with E-state index in [2.05, 4.69) is 4.98 Å². The third-order valence-electron chi connectivity index (χ3n) is 3.07. The molecule has 1 aromatic heterocycles. The van der Waals surface area contributed by atoms with Crippen molar-refractivity contribution in [2.75, 3.05) is 12.4 Å². The lowest BCUT2D eigenvalue weighted by Crippen LogP contribution is -2.46.